The second-order valence-corrected chi connectivity index (χ2v) is 2.96. The lowest BCUT2D eigenvalue weighted by Gasteiger charge is -2.11. The molecular weight excluding hydrogens is 231 g/mol. The van der Waals surface area contributed by atoms with Crippen LogP contribution in [0.3, 0.4) is 0 Å². The topological polar surface area (TPSA) is 36.7 Å². The standard InChI is InChI=1S/C9H5F5N2/c1-4-6(9(12,13)14)2-5(3-15)7(16-4)8(10)11/h2,8H,1H3. The van der Waals surface area contributed by atoms with Crippen LogP contribution in [0.2, 0.25) is 0 Å². The highest BCUT2D eigenvalue weighted by Gasteiger charge is 2.34. The summed E-state index contributed by atoms with van der Waals surface area (Å²) < 4.78 is 61.7. The monoisotopic (exact) mass is 236 g/mol. The maximum absolute atomic E-state index is 12.4. The Hall–Kier alpha value is -1.71. The molecule has 0 saturated heterocycles. The van der Waals surface area contributed by atoms with Gasteiger partial charge in [-0.1, -0.05) is 0 Å². The number of aryl methyl sites for hydroxylation is 1. The number of hydrogen-bond acceptors (Lipinski definition) is 2. The predicted molar refractivity (Wildman–Crippen MR) is 43.6 cm³/mol. The zero-order valence-corrected chi connectivity index (χ0v) is 7.94. The van der Waals surface area contributed by atoms with Crippen LogP contribution >= 0.6 is 0 Å². The van der Waals surface area contributed by atoms with E-state index < -0.39 is 35.1 Å². The van der Waals surface area contributed by atoms with E-state index in [0.29, 0.717) is 6.07 Å². The third-order valence-electron chi connectivity index (χ3n) is 1.88. The van der Waals surface area contributed by atoms with Gasteiger partial charge in [-0.15, -0.1) is 0 Å². The molecule has 0 saturated carbocycles. The molecule has 1 rings (SSSR count). The number of nitriles is 1. The van der Waals surface area contributed by atoms with Crippen LogP contribution in [0.4, 0.5) is 22.0 Å². The van der Waals surface area contributed by atoms with E-state index in [9.17, 15) is 22.0 Å². The molecule has 7 heteroatoms. The van der Waals surface area contributed by atoms with Crippen molar-refractivity contribution in [3.05, 3.63) is 28.6 Å². The highest BCUT2D eigenvalue weighted by Crippen LogP contribution is 2.33. The van der Waals surface area contributed by atoms with E-state index in [1.165, 1.54) is 6.07 Å². The average Bonchev–Trinajstić information content (AvgIpc) is 2.15. The highest BCUT2D eigenvalue weighted by molar-refractivity contribution is 5.40. The summed E-state index contributed by atoms with van der Waals surface area (Å²) in [7, 11) is 0. The van der Waals surface area contributed by atoms with E-state index in [0.717, 1.165) is 6.92 Å². The Labute approximate surface area is 87.3 Å². The summed E-state index contributed by atoms with van der Waals surface area (Å²) in [4.78, 5) is 3.12. The van der Waals surface area contributed by atoms with Crippen molar-refractivity contribution in [3.63, 3.8) is 0 Å². The minimum absolute atomic E-state index is 0.393. The number of nitrogens with zero attached hydrogens (tertiary/aromatic N) is 2. The van der Waals surface area contributed by atoms with Crippen molar-refractivity contribution >= 4 is 0 Å². The first kappa shape index (κ1) is 12.4. The van der Waals surface area contributed by atoms with Crippen molar-refractivity contribution in [2.24, 2.45) is 0 Å². The van der Waals surface area contributed by atoms with Crippen LogP contribution in [0.15, 0.2) is 6.07 Å². The quantitative estimate of drug-likeness (QED) is 0.702. The van der Waals surface area contributed by atoms with E-state index in [4.69, 9.17) is 5.26 Å². The summed E-state index contributed by atoms with van der Waals surface area (Å²) in [5, 5.41) is 8.46. The van der Waals surface area contributed by atoms with Gasteiger partial charge in [0.15, 0.2) is 0 Å². The number of rotatable bonds is 1. The summed E-state index contributed by atoms with van der Waals surface area (Å²) >= 11 is 0. The fraction of sp³-hybridized carbons (Fsp3) is 0.333. The smallest absolute Gasteiger partial charge is 0.250 e. The summed E-state index contributed by atoms with van der Waals surface area (Å²) in [6.07, 6.45) is -7.78. The normalized spacial score (nSPS) is 11.6. The molecule has 0 spiro atoms. The van der Waals surface area contributed by atoms with Crippen LogP contribution in [-0.4, -0.2) is 4.98 Å². The van der Waals surface area contributed by atoms with Gasteiger partial charge >= 0.3 is 6.18 Å². The molecule has 0 aromatic carbocycles. The lowest BCUT2D eigenvalue weighted by atomic mass is 10.1. The summed E-state index contributed by atoms with van der Waals surface area (Å²) in [6.45, 7) is 0.968. The lowest BCUT2D eigenvalue weighted by molar-refractivity contribution is -0.138. The van der Waals surface area contributed by atoms with Crippen LogP contribution in [0.25, 0.3) is 0 Å². The van der Waals surface area contributed by atoms with Crippen LogP contribution < -0.4 is 0 Å². The first-order valence-electron chi connectivity index (χ1n) is 4.04. The van der Waals surface area contributed by atoms with E-state index in [2.05, 4.69) is 4.98 Å². The summed E-state index contributed by atoms with van der Waals surface area (Å²) in [5.74, 6) is 0. The first-order valence-corrected chi connectivity index (χ1v) is 4.04. The van der Waals surface area contributed by atoms with Gasteiger partial charge in [0.2, 0.25) is 0 Å². The van der Waals surface area contributed by atoms with Gasteiger partial charge in [-0.3, -0.25) is 4.98 Å². The zero-order valence-electron chi connectivity index (χ0n) is 7.94. The third kappa shape index (κ3) is 2.27. The molecule has 1 aromatic rings. The van der Waals surface area contributed by atoms with Crippen molar-refractivity contribution in [1.82, 2.24) is 4.98 Å². The fourth-order valence-corrected chi connectivity index (χ4v) is 1.17. The van der Waals surface area contributed by atoms with Crippen molar-refractivity contribution in [2.45, 2.75) is 19.5 Å². The molecule has 0 amide bonds. The Bertz CT molecular complexity index is 444. The minimum Gasteiger partial charge on any atom is -0.250 e. The Kier molecular flexibility index (Phi) is 3.12. The number of halogens is 5. The van der Waals surface area contributed by atoms with Crippen molar-refractivity contribution in [2.75, 3.05) is 0 Å². The summed E-state index contributed by atoms with van der Waals surface area (Å²) in [6, 6.07) is 1.67. The molecular formula is C9H5F5N2. The van der Waals surface area contributed by atoms with Crippen LogP contribution in [0, 0.1) is 18.3 Å². The molecule has 16 heavy (non-hydrogen) atoms. The molecule has 0 bridgehead atoms. The van der Waals surface area contributed by atoms with Gasteiger partial charge < -0.3 is 0 Å². The number of pyridine rings is 1. The minimum atomic E-state index is -4.71. The number of hydrogen-bond donors (Lipinski definition) is 0. The molecule has 2 nitrogen and oxygen atoms in total. The largest absolute Gasteiger partial charge is 0.418 e. The maximum atomic E-state index is 12.4. The van der Waals surface area contributed by atoms with Gasteiger partial charge in [-0.2, -0.15) is 18.4 Å². The molecule has 86 valence electrons. The Balaban J connectivity index is 3.45. The SMILES string of the molecule is Cc1nc(C(F)F)c(C#N)cc1C(F)(F)F. The van der Waals surface area contributed by atoms with Crippen LogP contribution in [-0.2, 0) is 6.18 Å². The molecule has 1 heterocycles. The molecule has 0 aliphatic rings. The Morgan fingerprint density at radius 3 is 2.31 bits per heavy atom. The van der Waals surface area contributed by atoms with Crippen molar-refractivity contribution in [1.29, 1.82) is 5.26 Å². The van der Waals surface area contributed by atoms with Gasteiger partial charge in [0, 0.05) is 0 Å². The first-order chi connectivity index (χ1) is 7.27. The number of alkyl halides is 5. The second kappa shape index (κ2) is 4.04. The molecule has 1 aromatic heterocycles. The van der Waals surface area contributed by atoms with E-state index in [1.807, 2.05) is 0 Å². The van der Waals surface area contributed by atoms with Crippen LogP contribution in [0.1, 0.15) is 28.9 Å². The van der Waals surface area contributed by atoms with E-state index >= 15 is 0 Å². The highest BCUT2D eigenvalue weighted by atomic mass is 19.4. The molecule has 0 aliphatic heterocycles. The molecule has 0 aliphatic carbocycles. The zero-order chi connectivity index (χ0) is 12.5. The maximum Gasteiger partial charge on any atom is 0.418 e. The van der Waals surface area contributed by atoms with Gasteiger partial charge in [0.1, 0.15) is 11.8 Å². The predicted octanol–water partition coefficient (Wildman–Crippen LogP) is 3.22. The number of aromatic nitrogens is 1. The Morgan fingerprint density at radius 2 is 1.94 bits per heavy atom. The van der Waals surface area contributed by atoms with Gasteiger partial charge in [-0.05, 0) is 13.0 Å². The van der Waals surface area contributed by atoms with Crippen molar-refractivity contribution < 1.29 is 22.0 Å². The molecule has 0 unspecified atom stereocenters. The Morgan fingerprint density at radius 1 is 1.38 bits per heavy atom. The van der Waals surface area contributed by atoms with Gasteiger partial charge in [0.05, 0.1) is 16.8 Å². The molecule has 0 radical (unpaired) electrons. The molecule has 0 fully saturated rings. The summed E-state index contributed by atoms with van der Waals surface area (Å²) in [5.41, 5.74) is -3.42. The second-order valence-electron chi connectivity index (χ2n) is 2.96. The van der Waals surface area contributed by atoms with Gasteiger partial charge in [0.25, 0.3) is 6.43 Å². The van der Waals surface area contributed by atoms with E-state index in [-0.39, 0.29) is 0 Å². The van der Waals surface area contributed by atoms with Crippen molar-refractivity contribution in [3.8, 4) is 6.07 Å². The van der Waals surface area contributed by atoms with E-state index in [1.54, 1.807) is 0 Å². The fourth-order valence-electron chi connectivity index (χ4n) is 1.17. The average molecular weight is 236 g/mol. The molecule has 0 atom stereocenters. The lowest BCUT2D eigenvalue weighted by Crippen LogP contribution is -2.11. The van der Waals surface area contributed by atoms with Crippen LogP contribution in [0.5, 0.6) is 0 Å². The third-order valence-corrected chi connectivity index (χ3v) is 1.88. The molecule has 0 N–H and O–H groups in total. The van der Waals surface area contributed by atoms with Gasteiger partial charge in [-0.25, -0.2) is 8.78 Å².